The molecule has 1 aromatic carbocycles. The highest BCUT2D eigenvalue weighted by molar-refractivity contribution is 8.00. The Kier molecular flexibility index (Phi) is 7.60. The van der Waals surface area contributed by atoms with Gasteiger partial charge in [0.25, 0.3) is 0 Å². The fraction of sp³-hybridized carbons (Fsp3) is 0.533. The third-order valence-corrected chi connectivity index (χ3v) is 3.98. The first-order valence-electron chi connectivity index (χ1n) is 6.91. The molecule has 0 saturated heterocycles. The minimum atomic E-state index is 0.215. The molecule has 0 fully saturated rings. The molecular formula is C15H24N2OS. The van der Waals surface area contributed by atoms with Crippen molar-refractivity contribution >= 4 is 17.7 Å². The maximum absolute atomic E-state index is 11.9. The number of amides is 1. The van der Waals surface area contributed by atoms with E-state index in [9.17, 15) is 4.79 Å². The minimum absolute atomic E-state index is 0.215. The van der Waals surface area contributed by atoms with E-state index in [0.717, 1.165) is 31.1 Å². The van der Waals surface area contributed by atoms with Gasteiger partial charge in [-0.25, -0.2) is 0 Å². The molecule has 1 N–H and O–H groups in total. The quantitative estimate of drug-likeness (QED) is 0.743. The van der Waals surface area contributed by atoms with Gasteiger partial charge in [-0.1, -0.05) is 19.1 Å². The number of nitrogens with zero attached hydrogens (tertiary/aromatic N) is 1. The van der Waals surface area contributed by atoms with Crippen molar-refractivity contribution in [2.45, 2.75) is 32.2 Å². The molecule has 0 unspecified atom stereocenters. The van der Waals surface area contributed by atoms with Crippen molar-refractivity contribution in [3.8, 4) is 0 Å². The normalized spacial score (nSPS) is 10.5. The number of carbonyl (C=O) groups is 1. The molecule has 19 heavy (non-hydrogen) atoms. The van der Waals surface area contributed by atoms with Gasteiger partial charge in [-0.2, -0.15) is 0 Å². The lowest BCUT2D eigenvalue weighted by molar-refractivity contribution is -0.127. The van der Waals surface area contributed by atoms with Crippen molar-refractivity contribution < 1.29 is 4.79 Å². The van der Waals surface area contributed by atoms with Gasteiger partial charge >= 0.3 is 0 Å². The Morgan fingerprint density at radius 1 is 1.16 bits per heavy atom. The Balaban J connectivity index is 2.43. The lowest BCUT2D eigenvalue weighted by Gasteiger charge is -2.18. The Labute approximate surface area is 120 Å². The lowest BCUT2D eigenvalue weighted by atomic mass is 10.2. The first kappa shape index (κ1) is 16.1. The zero-order valence-electron chi connectivity index (χ0n) is 12.1. The molecule has 4 heteroatoms. The highest BCUT2D eigenvalue weighted by Gasteiger charge is 2.09. The average Bonchev–Trinajstić information content (AvgIpc) is 2.45. The van der Waals surface area contributed by atoms with Crippen LogP contribution < -0.4 is 5.32 Å². The average molecular weight is 280 g/mol. The third-order valence-electron chi connectivity index (χ3n) is 2.98. The van der Waals surface area contributed by atoms with Crippen molar-refractivity contribution in [3.63, 3.8) is 0 Å². The standard InChI is InChI=1S/C15H24N2OS/c1-4-16-11-13-7-9-14(10-8-13)19-12-15(18)17(5-2)6-3/h7-10,16H,4-6,11-12H2,1-3H3. The predicted octanol–water partition coefficient (Wildman–Crippen LogP) is 2.76. The summed E-state index contributed by atoms with van der Waals surface area (Å²) >= 11 is 1.61. The summed E-state index contributed by atoms with van der Waals surface area (Å²) < 4.78 is 0. The van der Waals surface area contributed by atoms with E-state index in [4.69, 9.17) is 0 Å². The van der Waals surface area contributed by atoms with Crippen LogP contribution in [0.25, 0.3) is 0 Å². The first-order valence-corrected chi connectivity index (χ1v) is 7.90. The summed E-state index contributed by atoms with van der Waals surface area (Å²) in [7, 11) is 0. The van der Waals surface area contributed by atoms with E-state index < -0.39 is 0 Å². The number of nitrogens with one attached hydrogen (secondary N) is 1. The van der Waals surface area contributed by atoms with E-state index in [1.807, 2.05) is 18.7 Å². The first-order chi connectivity index (χ1) is 9.21. The second kappa shape index (κ2) is 8.99. The summed E-state index contributed by atoms with van der Waals surface area (Å²) in [4.78, 5) is 14.9. The maximum Gasteiger partial charge on any atom is 0.232 e. The van der Waals surface area contributed by atoms with Crippen LogP contribution in [0.5, 0.6) is 0 Å². The molecule has 0 saturated carbocycles. The molecule has 3 nitrogen and oxygen atoms in total. The maximum atomic E-state index is 11.9. The van der Waals surface area contributed by atoms with Crippen LogP contribution in [0, 0.1) is 0 Å². The van der Waals surface area contributed by atoms with Crippen LogP contribution >= 0.6 is 11.8 Å². The fourth-order valence-electron chi connectivity index (χ4n) is 1.79. The van der Waals surface area contributed by atoms with E-state index in [1.54, 1.807) is 11.8 Å². The number of hydrogen-bond acceptors (Lipinski definition) is 3. The molecule has 0 radical (unpaired) electrons. The van der Waals surface area contributed by atoms with Crippen LogP contribution in [0.3, 0.4) is 0 Å². The zero-order valence-corrected chi connectivity index (χ0v) is 12.9. The smallest absolute Gasteiger partial charge is 0.232 e. The van der Waals surface area contributed by atoms with E-state index in [1.165, 1.54) is 5.56 Å². The van der Waals surface area contributed by atoms with Crippen LogP contribution in [-0.2, 0) is 11.3 Å². The summed E-state index contributed by atoms with van der Waals surface area (Å²) in [6.45, 7) is 9.59. The molecule has 106 valence electrons. The van der Waals surface area contributed by atoms with Gasteiger partial charge in [0.05, 0.1) is 5.75 Å². The van der Waals surface area contributed by atoms with Crippen LogP contribution in [-0.4, -0.2) is 36.2 Å². The number of hydrogen-bond donors (Lipinski definition) is 1. The van der Waals surface area contributed by atoms with Crippen molar-refractivity contribution in [3.05, 3.63) is 29.8 Å². The van der Waals surface area contributed by atoms with Crippen LogP contribution in [0.2, 0.25) is 0 Å². The number of thioether (sulfide) groups is 1. The van der Waals surface area contributed by atoms with Gasteiger partial charge in [-0.05, 0) is 38.1 Å². The SMILES string of the molecule is CCNCc1ccc(SCC(=O)N(CC)CC)cc1. The predicted molar refractivity (Wildman–Crippen MR) is 82.5 cm³/mol. The van der Waals surface area contributed by atoms with Crippen molar-refractivity contribution in [1.82, 2.24) is 10.2 Å². The largest absolute Gasteiger partial charge is 0.343 e. The van der Waals surface area contributed by atoms with E-state index in [-0.39, 0.29) is 5.91 Å². The molecule has 0 aliphatic heterocycles. The molecule has 0 heterocycles. The topological polar surface area (TPSA) is 32.3 Å². The Morgan fingerprint density at radius 2 is 1.79 bits per heavy atom. The number of rotatable bonds is 8. The molecule has 0 aliphatic rings. The van der Waals surface area contributed by atoms with Crippen LogP contribution in [0.15, 0.2) is 29.2 Å². The second-order valence-electron chi connectivity index (χ2n) is 4.28. The van der Waals surface area contributed by atoms with Crippen LogP contribution in [0.4, 0.5) is 0 Å². The summed E-state index contributed by atoms with van der Waals surface area (Å²) in [5, 5.41) is 3.30. The Morgan fingerprint density at radius 3 is 2.32 bits per heavy atom. The lowest BCUT2D eigenvalue weighted by Crippen LogP contribution is -2.31. The summed E-state index contributed by atoms with van der Waals surface area (Å²) in [5.41, 5.74) is 1.28. The molecule has 0 aliphatic carbocycles. The molecule has 0 atom stereocenters. The van der Waals surface area contributed by atoms with Gasteiger partial charge in [0.15, 0.2) is 0 Å². The molecule has 0 spiro atoms. The summed E-state index contributed by atoms with van der Waals surface area (Å²) in [5.74, 6) is 0.737. The molecule has 0 bridgehead atoms. The Hall–Kier alpha value is -1.00. The van der Waals surface area contributed by atoms with Gasteiger partial charge in [0.1, 0.15) is 0 Å². The molecular weight excluding hydrogens is 256 g/mol. The molecule has 1 aromatic rings. The van der Waals surface area contributed by atoms with Crippen LogP contribution in [0.1, 0.15) is 26.3 Å². The van der Waals surface area contributed by atoms with E-state index in [0.29, 0.717) is 5.75 Å². The van der Waals surface area contributed by atoms with E-state index in [2.05, 4.69) is 36.5 Å². The fourth-order valence-corrected chi connectivity index (χ4v) is 2.59. The molecule has 0 aromatic heterocycles. The molecule has 1 rings (SSSR count). The van der Waals surface area contributed by atoms with Gasteiger partial charge < -0.3 is 10.2 Å². The molecule has 1 amide bonds. The number of benzene rings is 1. The van der Waals surface area contributed by atoms with Crippen molar-refractivity contribution in [2.24, 2.45) is 0 Å². The van der Waals surface area contributed by atoms with Gasteiger partial charge in [0.2, 0.25) is 5.91 Å². The minimum Gasteiger partial charge on any atom is -0.343 e. The van der Waals surface area contributed by atoms with Gasteiger partial charge in [-0.3, -0.25) is 4.79 Å². The van der Waals surface area contributed by atoms with Gasteiger partial charge in [0, 0.05) is 24.5 Å². The van der Waals surface area contributed by atoms with E-state index >= 15 is 0 Å². The third kappa shape index (κ3) is 5.66. The van der Waals surface area contributed by atoms with Gasteiger partial charge in [-0.15, -0.1) is 11.8 Å². The second-order valence-corrected chi connectivity index (χ2v) is 5.33. The van der Waals surface area contributed by atoms with Crippen molar-refractivity contribution in [2.75, 3.05) is 25.4 Å². The highest BCUT2D eigenvalue weighted by Crippen LogP contribution is 2.18. The monoisotopic (exact) mass is 280 g/mol. The Bertz CT molecular complexity index is 374. The highest BCUT2D eigenvalue weighted by atomic mass is 32.2. The summed E-state index contributed by atoms with van der Waals surface area (Å²) in [6, 6.07) is 8.42. The number of carbonyl (C=O) groups excluding carboxylic acids is 1. The summed E-state index contributed by atoms with van der Waals surface area (Å²) in [6.07, 6.45) is 0. The van der Waals surface area contributed by atoms with Crippen molar-refractivity contribution in [1.29, 1.82) is 0 Å². The zero-order chi connectivity index (χ0) is 14.1.